The highest BCUT2D eigenvalue weighted by Crippen LogP contribution is 2.33. The molecule has 2 aromatic carbocycles. The van der Waals surface area contributed by atoms with Crippen LogP contribution in [-0.2, 0) is 17.8 Å². The first-order valence-electron chi connectivity index (χ1n) is 9.79. The number of para-hydroxylation sites is 1. The zero-order chi connectivity index (χ0) is 21.3. The number of nitrogens with one attached hydrogen (secondary N) is 1. The first-order valence-corrected chi connectivity index (χ1v) is 9.79. The van der Waals surface area contributed by atoms with Crippen LogP contribution in [0.2, 0.25) is 0 Å². The second-order valence-electron chi connectivity index (χ2n) is 7.61. The van der Waals surface area contributed by atoms with E-state index in [4.69, 9.17) is 4.74 Å². The number of hydrogen-bond acceptors (Lipinski definition) is 3. The van der Waals surface area contributed by atoms with Gasteiger partial charge in [0.1, 0.15) is 12.3 Å². The van der Waals surface area contributed by atoms with E-state index < -0.39 is 24.7 Å². The molecule has 158 valence electrons. The summed E-state index contributed by atoms with van der Waals surface area (Å²) >= 11 is 0. The Hall–Kier alpha value is -3.03. The minimum Gasteiger partial charge on any atom is -0.480 e. The lowest BCUT2D eigenvalue weighted by Crippen LogP contribution is -2.42. The van der Waals surface area contributed by atoms with Crippen LogP contribution in [-0.4, -0.2) is 41.6 Å². The summed E-state index contributed by atoms with van der Waals surface area (Å²) in [7, 11) is 0. The number of carbonyl (C=O) groups is 2. The van der Waals surface area contributed by atoms with Crippen LogP contribution in [0.4, 0.5) is 13.2 Å². The van der Waals surface area contributed by atoms with Crippen LogP contribution in [0.5, 0.6) is 5.75 Å². The molecule has 0 saturated heterocycles. The molecule has 0 spiro atoms. The monoisotopic (exact) mass is 418 g/mol. The zero-order valence-electron chi connectivity index (χ0n) is 16.1. The molecule has 4 rings (SSSR count). The average Bonchev–Trinajstić information content (AvgIpc) is 3.47. The molecule has 0 aromatic heterocycles. The number of ether oxygens (including phenoxy) is 1. The Balaban J connectivity index is 1.39. The van der Waals surface area contributed by atoms with Crippen molar-refractivity contribution < 1.29 is 27.5 Å². The second-order valence-corrected chi connectivity index (χ2v) is 7.61. The maximum absolute atomic E-state index is 13.1. The Morgan fingerprint density at radius 2 is 1.77 bits per heavy atom. The van der Waals surface area contributed by atoms with Crippen LogP contribution in [0, 0.1) is 0 Å². The number of hydrogen-bond donors (Lipinski definition) is 1. The molecule has 1 atom stereocenters. The number of nitrogens with zero attached hydrogens (tertiary/aromatic N) is 1. The largest absolute Gasteiger partial charge is 0.480 e. The van der Waals surface area contributed by atoms with E-state index in [2.05, 4.69) is 0 Å². The number of amides is 2. The van der Waals surface area contributed by atoms with Crippen molar-refractivity contribution in [1.29, 1.82) is 0 Å². The highest BCUT2D eigenvalue weighted by molar-refractivity contribution is 5.94. The van der Waals surface area contributed by atoms with Crippen molar-refractivity contribution in [3.63, 3.8) is 0 Å². The van der Waals surface area contributed by atoms with Crippen molar-refractivity contribution in [2.45, 2.75) is 44.1 Å². The van der Waals surface area contributed by atoms with Gasteiger partial charge in [-0.2, -0.15) is 13.2 Å². The molecule has 1 fully saturated rings. The summed E-state index contributed by atoms with van der Waals surface area (Å²) in [5.74, 6) is -0.118. The lowest BCUT2D eigenvalue weighted by Gasteiger charge is -2.25. The van der Waals surface area contributed by atoms with Gasteiger partial charge in [-0.3, -0.25) is 9.59 Å². The number of alkyl halides is 3. The Bertz CT molecular complexity index is 914. The number of rotatable bonds is 6. The number of carbonyl (C=O) groups excluding carboxylic acids is 2. The molecular formula is C22H21F3N2O3. The van der Waals surface area contributed by atoms with Crippen LogP contribution >= 0.6 is 0 Å². The van der Waals surface area contributed by atoms with E-state index in [1.807, 2.05) is 29.6 Å². The van der Waals surface area contributed by atoms with Gasteiger partial charge in [0.25, 0.3) is 11.8 Å². The van der Waals surface area contributed by atoms with Crippen LogP contribution < -0.4 is 10.1 Å². The zero-order valence-corrected chi connectivity index (χ0v) is 16.1. The normalized spacial score (nSPS) is 17.8. The Labute approximate surface area is 171 Å². The molecule has 1 heterocycles. The molecule has 1 aliphatic carbocycles. The smallest absolute Gasteiger partial charge is 0.405 e. The molecule has 2 amide bonds. The second kappa shape index (κ2) is 8.01. The maximum Gasteiger partial charge on any atom is 0.405 e. The van der Waals surface area contributed by atoms with Gasteiger partial charge in [0.2, 0.25) is 0 Å². The van der Waals surface area contributed by atoms with Gasteiger partial charge in [-0.25, -0.2) is 0 Å². The molecule has 2 aliphatic rings. The van der Waals surface area contributed by atoms with Crippen molar-refractivity contribution in [2.75, 3.05) is 6.54 Å². The maximum atomic E-state index is 13.1. The molecule has 5 nitrogen and oxygen atoms in total. The quantitative estimate of drug-likeness (QED) is 0.782. The predicted molar refractivity (Wildman–Crippen MR) is 103 cm³/mol. The fourth-order valence-corrected chi connectivity index (χ4v) is 3.52. The van der Waals surface area contributed by atoms with E-state index in [1.165, 1.54) is 12.1 Å². The molecule has 0 bridgehead atoms. The van der Waals surface area contributed by atoms with Crippen molar-refractivity contribution in [3.8, 4) is 5.75 Å². The lowest BCUT2D eigenvalue weighted by atomic mass is 10.1. The lowest BCUT2D eigenvalue weighted by molar-refractivity contribution is -0.139. The third-order valence-electron chi connectivity index (χ3n) is 5.21. The van der Waals surface area contributed by atoms with Crippen molar-refractivity contribution in [2.24, 2.45) is 0 Å². The van der Waals surface area contributed by atoms with E-state index >= 15 is 0 Å². The Kier molecular flexibility index (Phi) is 5.40. The van der Waals surface area contributed by atoms with Gasteiger partial charge in [0.05, 0.1) is 0 Å². The fourth-order valence-electron chi connectivity index (χ4n) is 3.52. The highest BCUT2D eigenvalue weighted by atomic mass is 19.4. The summed E-state index contributed by atoms with van der Waals surface area (Å²) in [4.78, 5) is 26.7. The average molecular weight is 418 g/mol. The molecule has 1 aliphatic heterocycles. The van der Waals surface area contributed by atoms with E-state index in [1.54, 1.807) is 17.0 Å². The minimum atomic E-state index is -4.46. The van der Waals surface area contributed by atoms with E-state index in [9.17, 15) is 22.8 Å². The molecule has 0 unspecified atom stereocenters. The summed E-state index contributed by atoms with van der Waals surface area (Å²) in [5.41, 5.74) is 1.96. The first-order chi connectivity index (χ1) is 14.3. The van der Waals surface area contributed by atoms with Crippen molar-refractivity contribution in [1.82, 2.24) is 10.2 Å². The van der Waals surface area contributed by atoms with Gasteiger partial charge in [-0.05, 0) is 42.2 Å². The summed E-state index contributed by atoms with van der Waals surface area (Å²) in [6, 6.07) is 14.0. The summed E-state index contributed by atoms with van der Waals surface area (Å²) in [6.07, 6.45) is -2.60. The van der Waals surface area contributed by atoms with Crippen LogP contribution in [0.1, 0.15) is 34.3 Å². The Morgan fingerprint density at radius 3 is 2.40 bits per heavy atom. The van der Waals surface area contributed by atoms with Crippen molar-refractivity contribution in [3.05, 3.63) is 65.2 Å². The van der Waals surface area contributed by atoms with Gasteiger partial charge in [0.15, 0.2) is 6.10 Å². The van der Waals surface area contributed by atoms with Gasteiger partial charge in [0, 0.05) is 24.6 Å². The van der Waals surface area contributed by atoms with Gasteiger partial charge < -0.3 is 15.0 Å². The van der Waals surface area contributed by atoms with E-state index in [0.717, 1.165) is 29.7 Å². The van der Waals surface area contributed by atoms with Gasteiger partial charge in [-0.1, -0.05) is 30.3 Å². The summed E-state index contributed by atoms with van der Waals surface area (Å²) in [6.45, 7) is -1.01. The molecule has 1 N–H and O–H groups in total. The predicted octanol–water partition coefficient (Wildman–Crippen LogP) is 3.47. The summed E-state index contributed by atoms with van der Waals surface area (Å²) in [5, 5.41) is 1.85. The highest BCUT2D eigenvalue weighted by Gasteiger charge is 2.39. The minimum absolute atomic E-state index is 0.0688. The molecule has 30 heavy (non-hydrogen) atoms. The van der Waals surface area contributed by atoms with Crippen LogP contribution in [0.3, 0.4) is 0 Å². The SMILES string of the molecule is O=C(NCC(F)(F)F)c1ccc(CN(C(=O)[C@H]2Cc3ccccc3O2)C2CC2)cc1. The van der Waals surface area contributed by atoms with E-state index in [0.29, 0.717) is 13.0 Å². The molecular weight excluding hydrogens is 397 g/mol. The third kappa shape index (κ3) is 4.75. The van der Waals surface area contributed by atoms with Gasteiger partial charge >= 0.3 is 6.18 Å². The molecule has 1 saturated carbocycles. The standard InChI is InChI=1S/C22H21F3N2O3/c23-22(24,25)13-26-20(28)15-7-5-14(6-8-15)12-27(17-9-10-17)21(29)19-11-16-3-1-2-4-18(16)30-19/h1-8,17,19H,9-13H2,(H,26,28)/t19-/m1/s1. The summed E-state index contributed by atoms with van der Waals surface area (Å²) < 4.78 is 42.6. The fraction of sp³-hybridized carbons (Fsp3) is 0.364. The first kappa shape index (κ1) is 20.3. The number of halogens is 3. The Morgan fingerprint density at radius 1 is 1.07 bits per heavy atom. The van der Waals surface area contributed by atoms with Crippen molar-refractivity contribution >= 4 is 11.8 Å². The van der Waals surface area contributed by atoms with Crippen LogP contribution in [0.25, 0.3) is 0 Å². The number of benzene rings is 2. The van der Waals surface area contributed by atoms with E-state index in [-0.39, 0.29) is 17.5 Å². The van der Waals surface area contributed by atoms with Gasteiger partial charge in [-0.15, -0.1) is 0 Å². The topological polar surface area (TPSA) is 58.6 Å². The molecule has 2 aromatic rings. The number of fused-ring (bicyclic) bond motifs is 1. The molecule has 8 heteroatoms. The molecule has 0 radical (unpaired) electrons. The van der Waals surface area contributed by atoms with Crippen LogP contribution in [0.15, 0.2) is 48.5 Å². The third-order valence-corrected chi connectivity index (χ3v) is 5.21.